The number of ether oxygens (including phenoxy) is 1. The number of furan rings is 1. The van der Waals surface area contributed by atoms with Gasteiger partial charge in [-0.3, -0.25) is 4.98 Å². The molecule has 0 bridgehead atoms. The quantitative estimate of drug-likeness (QED) is 0.394. The van der Waals surface area contributed by atoms with E-state index in [2.05, 4.69) is 45.7 Å². The number of aromatic nitrogens is 2. The molecule has 1 fully saturated rings. The third kappa shape index (κ3) is 3.89. The van der Waals surface area contributed by atoms with E-state index in [1.54, 1.807) is 13.4 Å². The van der Waals surface area contributed by atoms with Gasteiger partial charge in [0.1, 0.15) is 11.5 Å². The van der Waals surface area contributed by atoms with E-state index in [4.69, 9.17) is 21.4 Å². The molecule has 1 aliphatic heterocycles. The number of hydrogen-bond acceptors (Lipinski definition) is 4. The molecule has 4 heterocycles. The zero-order valence-corrected chi connectivity index (χ0v) is 19.7. The first-order chi connectivity index (χ1) is 16.1. The largest absolute Gasteiger partial charge is 0.497 e. The SMILES string of the molecule is COc1cccc(N2C(=S)N[C@H](c3ccccn3)[C@@H]2c2cc(C)n(Cc3ccco3)c2C)c1. The Bertz CT molecular complexity index is 1270. The number of pyridine rings is 1. The number of hydrogen-bond donors (Lipinski definition) is 1. The van der Waals surface area contributed by atoms with Crippen molar-refractivity contribution in [1.29, 1.82) is 0 Å². The lowest BCUT2D eigenvalue weighted by atomic mass is 9.96. The second-order valence-corrected chi connectivity index (χ2v) is 8.58. The monoisotopic (exact) mass is 458 g/mol. The van der Waals surface area contributed by atoms with Crippen molar-refractivity contribution in [3.8, 4) is 5.75 Å². The minimum atomic E-state index is -0.0949. The zero-order valence-electron chi connectivity index (χ0n) is 18.9. The molecule has 0 aliphatic carbocycles. The molecule has 1 N–H and O–H groups in total. The maximum Gasteiger partial charge on any atom is 0.174 e. The van der Waals surface area contributed by atoms with E-state index in [1.165, 1.54) is 17.0 Å². The first-order valence-corrected chi connectivity index (χ1v) is 11.3. The van der Waals surface area contributed by atoms with Crippen molar-refractivity contribution in [3.05, 3.63) is 102 Å². The van der Waals surface area contributed by atoms with Crippen LogP contribution >= 0.6 is 12.2 Å². The van der Waals surface area contributed by atoms with Gasteiger partial charge >= 0.3 is 0 Å². The second kappa shape index (κ2) is 8.75. The number of thiocarbonyl (C=S) groups is 1. The normalized spacial score (nSPS) is 17.9. The Balaban J connectivity index is 1.63. The van der Waals surface area contributed by atoms with Gasteiger partial charge in [-0.1, -0.05) is 12.1 Å². The van der Waals surface area contributed by atoms with Crippen molar-refractivity contribution >= 4 is 23.0 Å². The number of aryl methyl sites for hydroxylation is 1. The minimum Gasteiger partial charge on any atom is -0.497 e. The highest BCUT2D eigenvalue weighted by molar-refractivity contribution is 7.80. The van der Waals surface area contributed by atoms with E-state index in [9.17, 15) is 0 Å². The summed E-state index contributed by atoms with van der Waals surface area (Å²) in [6.07, 6.45) is 3.54. The van der Waals surface area contributed by atoms with Crippen LogP contribution in [0.2, 0.25) is 0 Å². The van der Waals surface area contributed by atoms with Gasteiger partial charge in [-0.25, -0.2) is 0 Å². The van der Waals surface area contributed by atoms with Gasteiger partial charge in [0.25, 0.3) is 0 Å². The standard InChI is InChI=1S/C26H26N4O2S/c1-17-14-22(18(2)29(17)16-21-10-7-13-32-21)25-24(23-11-4-5-12-27-23)28-26(33)30(25)19-8-6-9-20(15-19)31-3/h4-15,24-25H,16H2,1-3H3,(H,28,33)/t24-,25+/m1/s1. The van der Waals surface area contributed by atoms with E-state index in [0.717, 1.165) is 22.9 Å². The molecule has 4 aromatic rings. The highest BCUT2D eigenvalue weighted by atomic mass is 32.1. The third-order valence-corrected chi connectivity index (χ3v) is 6.57. The molecule has 1 aromatic carbocycles. The number of benzene rings is 1. The molecule has 6 nitrogen and oxygen atoms in total. The van der Waals surface area contributed by atoms with Crippen LogP contribution in [0, 0.1) is 13.8 Å². The predicted molar refractivity (Wildman–Crippen MR) is 133 cm³/mol. The summed E-state index contributed by atoms with van der Waals surface area (Å²) in [4.78, 5) is 6.83. The van der Waals surface area contributed by atoms with Gasteiger partial charge in [0, 0.05) is 29.3 Å². The molecule has 0 spiro atoms. The van der Waals surface area contributed by atoms with Crippen LogP contribution in [0.25, 0.3) is 0 Å². The number of nitrogens with one attached hydrogen (secondary N) is 1. The van der Waals surface area contributed by atoms with Gasteiger partial charge < -0.3 is 23.9 Å². The molecule has 3 aromatic heterocycles. The van der Waals surface area contributed by atoms with Gasteiger partial charge in [0.15, 0.2) is 5.11 Å². The second-order valence-electron chi connectivity index (χ2n) is 8.19. The summed E-state index contributed by atoms with van der Waals surface area (Å²) in [5.41, 5.74) is 5.47. The lowest BCUT2D eigenvalue weighted by Crippen LogP contribution is -2.29. The van der Waals surface area contributed by atoms with Crippen LogP contribution in [0.1, 0.15) is 40.5 Å². The number of rotatable bonds is 6. The van der Waals surface area contributed by atoms with Crippen molar-refractivity contribution in [1.82, 2.24) is 14.9 Å². The van der Waals surface area contributed by atoms with E-state index >= 15 is 0 Å². The molecule has 0 radical (unpaired) electrons. The Hall–Kier alpha value is -3.58. The molecular weight excluding hydrogens is 432 g/mol. The summed E-state index contributed by atoms with van der Waals surface area (Å²) < 4.78 is 13.4. The first-order valence-electron chi connectivity index (χ1n) is 10.9. The summed E-state index contributed by atoms with van der Waals surface area (Å²) in [6.45, 7) is 4.97. The van der Waals surface area contributed by atoms with E-state index < -0.39 is 0 Å². The molecule has 0 unspecified atom stereocenters. The van der Waals surface area contributed by atoms with Crippen molar-refractivity contribution < 1.29 is 9.15 Å². The van der Waals surface area contributed by atoms with Crippen LogP contribution in [0.5, 0.6) is 5.75 Å². The predicted octanol–water partition coefficient (Wildman–Crippen LogP) is 5.33. The lowest BCUT2D eigenvalue weighted by molar-refractivity contribution is 0.415. The van der Waals surface area contributed by atoms with Gasteiger partial charge in [0.05, 0.1) is 37.7 Å². The van der Waals surface area contributed by atoms with Crippen molar-refractivity contribution in [2.24, 2.45) is 0 Å². The first kappa shape index (κ1) is 21.3. The van der Waals surface area contributed by atoms with Crippen LogP contribution in [-0.2, 0) is 6.54 Å². The molecule has 0 amide bonds. The Morgan fingerprint density at radius 1 is 1.09 bits per heavy atom. The Morgan fingerprint density at radius 2 is 1.97 bits per heavy atom. The van der Waals surface area contributed by atoms with Crippen LogP contribution in [0.3, 0.4) is 0 Å². The van der Waals surface area contributed by atoms with Crippen molar-refractivity contribution in [3.63, 3.8) is 0 Å². The zero-order chi connectivity index (χ0) is 22.9. The molecule has 2 atom stereocenters. The summed E-state index contributed by atoms with van der Waals surface area (Å²) in [5.74, 6) is 1.72. The van der Waals surface area contributed by atoms with E-state index in [-0.39, 0.29) is 12.1 Å². The highest BCUT2D eigenvalue weighted by Gasteiger charge is 2.42. The maximum atomic E-state index is 5.86. The fourth-order valence-corrected chi connectivity index (χ4v) is 4.98. The van der Waals surface area contributed by atoms with Crippen molar-refractivity contribution in [2.75, 3.05) is 12.0 Å². The number of methoxy groups -OCH3 is 1. The molecule has 5 rings (SSSR count). The summed E-state index contributed by atoms with van der Waals surface area (Å²) in [5, 5.41) is 4.20. The van der Waals surface area contributed by atoms with Gasteiger partial charge in [-0.2, -0.15) is 0 Å². The van der Waals surface area contributed by atoms with Crippen LogP contribution < -0.4 is 15.0 Å². The molecule has 0 saturated carbocycles. The topological polar surface area (TPSA) is 55.5 Å². The lowest BCUT2D eigenvalue weighted by Gasteiger charge is -2.28. The Labute approximate surface area is 198 Å². The smallest absolute Gasteiger partial charge is 0.174 e. The summed E-state index contributed by atoms with van der Waals surface area (Å²) >= 11 is 5.86. The Morgan fingerprint density at radius 3 is 2.70 bits per heavy atom. The molecule has 7 heteroatoms. The fraction of sp³-hybridized carbons (Fsp3) is 0.231. The van der Waals surface area contributed by atoms with Crippen LogP contribution in [0.15, 0.2) is 77.5 Å². The fourth-order valence-electron chi connectivity index (χ4n) is 4.64. The molecule has 168 valence electrons. The minimum absolute atomic E-state index is 0.0731. The van der Waals surface area contributed by atoms with Crippen LogP contribution in [0.4, 0.5) is 5.69 Å². The van der Waals surface area contributed by atoms with Crippen molar-refractivity contribution in [2.45, 2.75) is 32.5 Å². The molecule has 1 aliphatic rings. The van der Waals surface area contributed by atoms with Crippen LogP contribution in [-0.4, -0.2) is 21.8 Å². The van der Waals surface area contributed by atoms with E-state index in [1.807, 2.05) is 54.7 Å². The summed E-state index contributed by atoms with van der Waals surface area (Å²) in [6, 6.07) is 20.0. The van der Waals surface area contributed by atoms with Gasteiger partial charge in [-0.05, 0) is 74.1 Å². The maximum absolute atomic E-state index is 5.86. The Kier molecular flexibility index (Phi) is 5.64. The summed E-state index contributed by atoms with van der Waals surface area (Å²) in [7, 11) is 1.68. The average molecular weight is 459 g/mol. The van der Waals surface area contributed by atoms with Gasteiger partial charge in [-0.15, -0.1) is 0 Å². The third-order valence-electron chi connectivity index (χ3n) is 6.26. The molecular formula is C26H26N4O2S. The average Bonchev–Trinajstić information content (AvgIpc) is 3.54. The molecule has 33 heavy (non-hydrogen) atoms. The van der Waals surface area contributed by atoms with Gasteiger partial charge in [0.2, 0.25) is 0 Å². The number of nitrogens with zero attached hydrogens (tertiary/aromatic N) is 3. The van der Waals surface area contributed by atoms with E-state index in [0.29, 0.717) is 11.7 Å². The number of anilines is 1. The highest BCUT2D eigenvalue weighted by Crippen LogP contribution is 2.43. The molecule has 1 saturated heterocycles.